The second kappa shape index (κ2) is 9.87. The van der Waals surface area contributed by atoms with Crippen LogP contribution in [0, 0.1) is 0 Å². The number of amides is 1. The summed E-state index contributed by atoms with van der Waals surface area (Å²) in [6.45, 7) is 5.02. The largest absolute Gasteiger partial charge is 0.380 e. The SMILES string of the molecule is COCc1ccc2[nH]cc(C(=O)NCc3cccc(CN4CCOCC4)c3)c(=O)c2c1. The van der Waals surface area contributed by atoms with Crippen LogP contribution in [0.15, 0.2) is 53.5 Å². The number of aromatic nitrogens is 1. The first-order chi connectivity index (χ1) is 15.1. The lowest BCUT2D eigenvalue weighted by Gasteiger charge is -2.26. The van der Waals surface area contributed by atoms with Gasteiger partial charge in [-0.2, -0.15) is 0 Å². The molecule has 162 valence electrons. The normalized spacial score (nSPS) is 14.6. The zero-order valence-electron chi connectivity index (χ0n) is 17.6. The van der Waals surface area contributed by atoms with Crippen LogP contribution in [0.5, 0.6) is 0 Å². The number of carbonyl (C=O) groups excluding carboxylic acids is 1. The number of fused-ring (bicyclic) bond motifs is 1. The molecule has 1 aliphatic rings. The van der Waals surface area contributed by atoms with Gasteiger partial charge >= 0.3 is 0 Å². The minimum absolute atomic E-state index is 0.103. The highest BCUT2D eigenvalue weighted by molar-refractivity contribution is 5.97. The Hall–Kier alpha value is -3.00. The molecule has 1 aromatic heterocycles. The first kappa shape index (κ1) is 21.2. The molecule has 2 aromatic carbocycles. The first-order valence-electron chi connectivity index (χ1n) is 10.4. The summed E-state index contributed by atoms with van der Waals surface area (Å²) >= 11 is 0. The number of methoxy groups -OCH3 is 1. The fourth-order valence-corrected chi connectivity index (χ4v) is 3.82. The monoisotopic (exact) mass is 421 g/mol. The van der Waals surface area contributed by atoms with Gasteiger partial charge in [0.15, 0.2) is 0 Å². The highest BCUT2D eigenvalue weighted by Gasteiger charge is 2.14. The van der Waals surface area contributed by atoms with Gasteiger partial charge in [0.25, 0.3) is 5.91 Å². The number of ether oxygens (including phenoxy) is 2. The van der Waals surface area contributed by atoms with Gasteiger partial charge in [0.2, 0.25) is 5.43 Å². The first-order valence-corrected chi connectivity index (χ1v) is 10.4. The summed E-state index contributed by atoms with van der Waals surface area (Å²) in [6.07, 6.45) is 1.48. The Kier molecular flexibility index (Phi) is 6.76. The topological polar surface area (TPSA) is 83.7 Å². The maximum atomic E-state index is 12.9. The quantitative estimate of drug-likeness (QED) is 0.612. The van der Waals surface area contributed by atoms with Crippen molar-refractivity contribution in [3.05, 3.63) is 81.1 Å². The van der Waals surface area contributed by atoms with E-state index in [9.17, 15) is 9.59 Å². The maximum absolute atomic E-state index is 12.9. The minimum atomic E-state index is -0.390. The van der Waals surface area contributed by atoms with E-state index in [-0.39, 0.29) is 16.9 Å². The molecule has 2 N–H and O–H groups in total. The number of rotatable bonds is 7. The molecule has 7 nitrogen and oxygen atoms in total. The number of nitrogens with zero attached hydrogens (tertiary/aromatic N) is 1. The van der Waals surface area contributed by atoms with Crippen LogP contribution in [0.1, 0.15) is 27.0 Å². The predicted octanol–water partition coefficient (Wildman–Crippen LogP) is 2.44. The number of hydrogen-bond donors (Lipinski definition) is 2. The zero-order valence-corrected chi connectivity index (χ0v) is 17.6. The molecule has 0 saturated carbocycles. The molecule has 0 unspecified atom stereocenters. The Morgan fingerprint density at radius 2 is 1.94 bits per heavy atom. The molecule has 0 atom stereocenters. The Bertz CT molecular complexity index is 1120. The smallest absolute Gasteiger partial charge is 0.257 e. The van der Waals surface area contributed by atoms with Crippen LogP contribution in [0.25, 0.3) is 10.9 Å². The number of hydrogen-bond acceptors (Lipinski definition) is 5. The molecule has 1 fully saturated rings. The lowest BCUT2D eigenvalue weighted by Crippen LogP contribution is -2.35. The van der Waals surface area contributed by atoms with E-state index in [2.05, 4.69) is 27.3 Å². The van der Waals surface area contributed by atoms with Crippen LogP contribution < -0.4 is 10.7 Å². The molecule has 1 aliphatic heterocycles. The van der Waals surface area contributed by atoms with Crippen molar-refractivity contribution in [1.29, 1.82) is 0 Å². The third-order valence-electron chi connectivity index (χ3n) is 5.46. The Morgan fingerprint density at radius 3 is 2.74 bits per heavy atom. The third kappa shape index (κ3) is 5.19. The summed E-state index contributed by atoms with van der Waals surface area (Å²) in [6, 6.07) is 13.6. The van der Waals surface area contributed by atoms with E-state index in [4.69, 9.17) is 9.47 Å². The summed E-state index contributed by atoms with van der Waals surface area (Å²) in [5.74, 6) is -0.390. The highest BCUT2D eigenvalue weighted by atomic mass is 16.5. The summed E-state index contributed by atoms with van der Waals surface area (Å²) < 4.78 is 10.5. The lowest BCUT2D eigenvalue weighted by atomic mass is 10.1. The van der Waals surface area contributed by atoms with Gasteiger partial charge in [0.05, 0.1) is 19.8 Å². The van der Waals surface area contributed by atoms with Gasteiger partial charge in [-0.1, -0.05) is 30.3 Å². The molecular formula is C24H27N3O4. The average Bonchev–Trinajstić information content (AvgIpc) is 2.79. The van der Waals surface area contributed by atoms with E-state index in [1.54, 1.807) is 13.2 Å². The molecule has 0 bridgehead atoms. The summed E-state index contributed by atoms with van der Waals surface area (Å²) in [5.41, 5.74) is 3.59. The minimum Gasteiger partial charge on any atom is -0.380 e. The van der Waals surface area contributed by atoms with Crippen molar-refractivity contribution < 1.29 is 14.3 Å². The Balaban J connectivity index is 1.45. The van der Waals surface area contributed by atoms with Crippen molar-refractivity contribution >= 4 is 16.8 Å². The number of nitrogens with one attached hydrogen (secondary N) is 2. The van der Waals surface area contributed by atoms with Crippen LogP contribution >= 0.6 is 0 Å². The number of carbonyl (C=O) groups is 1. The van der Waals surface area contributed by atoms with Crippen molar-refractivity contribution in [2.45, 2.75) is 19.7 Å². The zero-order chi connectivity index (χ0) is 21.6. The molecule has 0 spiro atoms. The van der Waals surface area contributed by atoms with Crippen molar-refractivity contribution in [2.75, 3.05) is 33.4 Å². The molecule has 1 saturated heterocycles. The number of morpholine rings is 1. The molecule has 31 heavy (non-hydrogen) atoms. The maximum Gasteiger partial charge on any atom is 0.257 e. The van der Waals surface area contributed by atoms with Crippen LogP contribution in [0.2, 0.25) is 0 Å². The third-order valence-corrected chi connectivity index (χ3v) is 5.46. The number of benzene rings is 2. The standard InChI is InChI=1S/C24H27N3O4/c1-30-16-19-5-6-22-20(12-19)23(28)21(14-25-22)24(29)26-13-17-3-2-4-18(11-17)15-27-7-9-31-10-8-27/h2-6,11-12,14H,7-10,13,15-16H2,1H3,(H,25,28)(H,26,29). The van der Waals surface area contributed by atoms with Crippen LogP contribution in [0.4, 0.5) is 0 Å². The van der Waals surface area contributed by atoms with Gasteiger partial charge in [0, 0.05) is 50.4 Å². The van der Waals surface area contributed by atoms with Gasteiger partial charge in [-0.3, -0.25) is 14.5 Å². The van der Waals surface area contributed by atoms with Crippen molar-refractivity contribution in [2.24, 2.45) is 0 Å². The highest BCUT2D eigenvalue weighted by Crippen LogP contribution is 2.13. The second-order valence-electron chi connectivity index (χ2n) is 7.74. The fraction of sp³-hybridized carbons (Fsp3) is 0.333. The lowest BCUT2D eigenvalue weighted by molar-refractivity contribution is 0.0342. The Morgan fingerprint density at radius 1 is 1.13 bits per heavy atom. The van der Waals surface area contributed by atoms with Crippen molar-refractivity contribution in [1.82, 2.24) is 15.2 Å². The molecule has 0 aliphatic carbocycles. The molecule has 7 heteroatoms. The summed E-state index contributed by atoms with van der Waals surface area (Å²) in [7, 11) is 1.61. The van der Waals surface area contributed by atoms with E-state index < -0.39 is 0 Å². The van der Waals surface area contributed by atoms with Crippen LogP contribution in [0.3, 0.4) is 0 Å². The molecule has 0 radical (unpaired) electrons. The van der Waals surface area contributed by atoms with E-state index in [0.29, 0.717) is 24.1 Å². The molecule has 3 aromatic rings. The van der Waals surface area contributed by atoms with Crippen LogP contribution in [-0.2, 0) is 29.2 Å². The van der Waals surface area contributed by atoms with Gasteiger partial charge < -0.3 is 19.8 Å². The van der Waals surface area contributed by atoms with Gasteiger partial charge in [-0.15, -0.1) is 0 Å². The van der Waals surface area contributed by atoms with Crippen molar-refractivity contribution in [3.8, 4) is 0 Å². The van der Waals surface area contributed by atoms with E-state index in [0.717, 1.165) is 44.0 Å². The fourth-order valence-electron chi connectivity index (χ4n) is 3.82. The van der Waals surface area contributed by atoms with E-state index >= 15 is 0 Å². The molecule has 4 rings (SSSR count). The number of aromatic amines is 1. The van der Waals surface area contributed by atoms with Gasteiger partial charge in [0.1, 0.15) is 5.56 Å². The molecule has 2 heterocycles. The molecular weight excluding hydrogens is 394 g/mol. The predicted molar refractivity (Wildman–Crippen MR) is 119 cm³/mol. The van der Waals surface area contributed by atoms with E-state index in [1.807, 2.05) is 24.3 Å². The average molecular weight is 421 g/mol. The number of pyridine rings is 1. The summed E-state index contributed by atoms with van der Waals surface area (Å²) in [4.78, 5) is 31.0. The van der Waals surface area contributed by atoms with Gasteiger partial charge in [-0.05, 0) is 28.8 Å². The number of H-pyrrole nitrogens is 1. The molecule has 1 amide bonds. The Labute approximate surface area is 181 Å². The van der Waals surface area contributed by atoms with E-state index in [1.165, 1.54) is 11.8 Å². The van der Waals surface area contributed by atoms with Crippen molar-refractivity contribution in [3.63, 3.8) is 0 Å². The summed E-state index contributed by atoms with van der Waals surface area (Å²) in [5, 5.41) is 3.36. The van der Waals surface area contributed by atoms with Crippen LogP contribution in [-0.4, -0.2) is 49.2 Å². The van der Waals surface area contributed by atoms with Gasteiger partial charge in [-0.25, -0.2) is 0 Å². The second-order valence-corrected chi connectivity index (χ2v) is 7.74.